The van der Waals surface area contributed by atoms with Crippen molar-refractivity contribution in [2.75, 3.05) is 19.6 Å². The van der Waals surface area contributed by atoms with Crippen LogP contribution in [0.2, 0.25) is 0 Å². The zero-order valence-corrected chi connectivity index (χ0v) is 11.7. The van der Waals surface area contributed by atoms with Crippen molar-refractivity contribution in [1.29, 1.82) is 0 Å². The molecule has 3 rings (SSSR count). The van der Waals surface area contributed by atoms with E-state index in [2.05, 4.69) is 5.32 Å². The van der Waals surface area contributed by atoms with Crippen LogP contribution in [0.25, 0.3) is 0 Å². The molecule has 4 amide bonds. The summed E-state index contributed by atoms with van der Waals surface area (Å²) in [7, 11) is 0. The Kier molecular flexibility index (Phi) is 3.43. The maximum atomic E-state index is 12.2. The number of likely N-dealkylation sites (tertiary alicyclic amines) is 1. The molecule has 2 saturated heterocycles. The summed E-state index contributed by atoms with van der Waals surface area (Å²) in [5.74, 6) is -0.148. The fourth-order valence-corrected chi connectivity index (χ4v) is 3.33. The van der Waals surface area contributed by atoms with Crippen LogP contribution in [0.4, 0.5) is 4.79 Å². The molecule has 0 spiro atoms. The summed E-state index contributed by atoms with van der Waals surface area (Å²) in [4.78, 5) is 38.4. The van der Waals surface area contributed by atoms with Crippen LogP contribution in [-0.4, -0.2) is 53.3 Å². The van der Waals surface area contributed by atoms with Crippen molar-refractivity contribution >= 4 is 29.2 Å². The van der Waals surface area contributed by atoms with Gasteiger partial charge in [-0.25, -0.2) is 4.79 Å². The van der Waals surface area contributed by atoms with Crippen LogP contribution in [-0.2, 0) is 16.0 Å². The number of thiophene rings is 1. The quantitative estimate of drug-likeness (QED) is 0.822. The van der Waals surface area contributed by atoms with Gasteiger partial charge in [0.1, 0.15) is 0 Å². The molecule has 0 aliphatic carbocycles. The molecule has 1 aromatic heterocycles. The summed E-state index contributed by atoms with van der Waals surface area (Å²) in [6, 6.07) is 1.41. The molecule has 2 aliphatic heterocycles. The Morgan fingerprint density at radius 2 is 2.30 bits per heavy atom. The maximum Gasteiger partial charge on any atom is 0.324 e. The molecular formula is C13H15N3O3S. The van der Waals surface area contributed by atoms with Crippen molar-refractivity contribution in [2.24, 2.45) is 0 Å². The predicted molar refractivity (Wildman–Crippen MR) is 73.3 cm³/mol. The van der Waals surface area contributed by atoms with Gasteiger partial charge in [-0.05, 0) is 28.8 Å². The Bertz CT molecular complexity index is 527. The van der Waals surface area contributed by atoms with Gasteiger partial charge in [0.25, 0.3) is 0 Å². The number of nitrogens with one attached hydrogen (secondary N) is 1. The highest BCUT2D eigenvalue weighted by atomic mass is 32.1. The number of carbonyl (C=O) groups is 3. The summed E-state index contributed by atoms with van der Waals surface area (Å²) in [5, 5.41) is 6.42. The number of nitrogens with zero attached hydrogens (tertiary/aromatic N) is 2. The average molecular weight is 293 g/mol. The van der Waals surface area contributed by atoms with Gasteiger partial charge in [-0.1, -0.05) is 0 Å². The molecule has 1 aromatic rings. The van der Waals surface area contributed by atoms with Gasteiger partial charge in [0.2, 0.25) is 11.8 Å². The monoisotopic (exact) mass is 293 g/mol. The minimum absolute atomic E-state index is 0.0537. The van der Waals surface area contributed by atoms with E-state index in [1.807, 2.05) is 16.8 Å². The van der Waals surface area contributed by atoms with Crippen molar-refractivity contribution in [3.05, 3.63) is 22.4 Å². The predicted octanol–water partition coefficient (Wildman–Crippen LogP) is 0.443. The Morgan fingerprint density at radius 1 is 1.45 bits per heavy atom. The molecule has 1 unspecified atom stereocenters. The summed E-state index contributed by atoms with van der Waals surface area (Å²) in [5.41, 5.74) is 1.01. The molecule has 2 aliphatic rings. The molecule has 2 fully saturated rings. The first kappa shape index (κ1) is 13.1. The number of carbonyl (C=O) groups excluding carboxylic acids is 3. The number of imide groups is 1. The molecule has 1 atom stereocenters. The van der Waals surface area contributed by atoms with Crippen molar-refractivity contribution in [3.8, 4) is 0 Å². The average Bonchev–Trinajstić information content (AvgIpc) is 3.11. The summed E-state index contributed by atoms with van der Waals surface area (Å²) in [6.07, 6.45) is 1.05. The molecule has 0 saturated carbocycles. The van der Waals surface area contributed by atoms with Gasteiger partial charge in [0.05, 0.1) is 19.0 Å². The van der Waals surface area contributed by atoms with E-state index in [1.54, 1.807) is 16.2 Å². The van der Waals surface area contributed by atoms with Crippen molar-refractivity contribution in [2.45, 2.75) is 18.9 Å². The molecule has 7 heteroatoms. The number of rotatable bonds is 3. The molecular weight excluding hydrogens is 278 g/mol. The van der Waals surface area contributed by atoms with Crippen molar-refractivity contribution < 1.29 is 14.4 Å². The molecule has 0 bridgehead atoms. The molecule has 106 valence electrons. The Morgan fingerprint density at radius 3 is 2.95 bits per heavy atom. The smallest absolute Gasteiger partial charge is 0.324 e. The molecule has 1 N–H and O–H groups in total. The lowest BCUT2D eigenvalue weighted by atomic mass is 10.2. The van der Waals surface area contributed by atoms with Crippen molar-refractivity contribution in [1.82, 2.24) is 15.1 Å². The van der Waals surface area contributed by atoms with Crippen LogP contribution in [0, 0.1) is 0 Å². The minimum Gasteiger partial charge on any atom is -0.340 e. The summed E-state index contributed by atoms with van der Waals surface area (Å²) in [6.45, 7) is 1.12. The van der Waals surface area contributed by atoms with E-state index in [4.69, 9.17) is 0 Å². The highest BCUT2D eigenvalue weighted by Crippen LogP contribution is 2.19. The Labute approximate surface area is 120 Å². The lowest BCUT2D eigenvalue weighted by Gasteiger charge is -2.21. The first-order valence-electron chi connectivity index (χ1n) is 6.54. The van der Waals surface area contributed by atoms with Crippen LogP contribution >= 0.6 is 11.3 Å². The third kappa shape index (κ3) is 2.40. The van der Waals surface area contributed by atoms with E-state index in [-0.39, 0.29) is 30.4 Å². The van der Waals surface area contributed by atoms with Crippen LogP contribution in [0.1, 0.15) is 12.0 Å². The van der Waals surface area contributed by atoms with E-state index in [9.17, 15) is 14.4 Å². The minimum atomic E-state index is -0.341. The van der Waals surface area contributed by atoms with E-state index in [1.165, 1.54) is 4.90 Å². The van der Waals surface area contributed by atoms with Gasteiger partial charge in [-0.15, -0.1) is 0 Å². The lowest BCUT2D eigenvalue weighted by Crippen LogP contribution is -2.43. The van der Waals surface area contributed by atoms with E-state index < -0.39 is 0 Å². The highest BCUT2D eigenvalue weighted by molar-refractivity contribution is 7.08. The Balaban J connectivity index is 1.60. The summed E-state index contributed by atoms with van der Waals surface area (Å²) < 4.78 is 0. The number of urea groups is 1. The second kappa shape index (κ2) is 5.24. The fourth-order valence-electron chi connectivity index (χ4n) is 2.66. The molecule has 6 nitrogen and oxygen atoms in total. The number of hydrogen-bond acceptors (Lipinski definition) is 4. The highest BCUT2D eigenvalue weighted by Gasteiger charge is 2.39. The number of amides is 4. The van der Waals surface area contributed by atoms with Crippen LogP contribution < -0.4 is 5.32 Å². The van der Waals surface area contributed by atoms with Gasteiger partial charge in [-0.3, -0.25) is 14.5 Å². The third-order valence-corrected chi connectivity index (χ3v) is 4.43. The second-order valence-electron chi connectivity index (χ2n) is 5.01. The zero-order valence-electron chi connectivity index (χ0n) is 10.9. The molecule has 0 radical (unpaired) electrons. The van der Waals surface area contributed by atoms with Crippen LogP contribution in [0.15, 0.2) is 16.8 Å². The summed E-state index contributed by atoms with van der Waals surface area (Å²) >= 11 is 1.57. The fraction of sp³-hybridized carbons (Fsp3) is 0.462. The zero-order chi connectivity index (χ0) is 14.1. The third-order valence-electron chi connectivity index (χ3n) is 3.70. The maximum absolute atomic E-state index is 12.2. The standard InChI is InChI=1S/C13H15N3O3S/c17-11(5-9-2-4-20-8-9)15-3-1-10(7-15)16-12(18)6-14-13(16)19/h2,4,8,10H,1,3,5-7H2,(H,14,19). The van der Waals surface area contributed by atoms with Gasteiger partial charge in [0.15, 0.2) is 0 Å². The molecule has 3 heterocycles. The van der Waals surface area contributed by atoms with Gasteiger partial charge in [-0.2, -0.15) is 11.3 Å². The topological polar surface area (TPSA) is 69.7 Å². The second-order valence-corrected chi connectivity index (χ2v) is 5.79. The normalized spacial score (nSPS) is 22.5. The largest absolute Gasteiger partial charge is 0.340 e. The first-order valence-corrected chi connectivity index (χ1v) is 7.48. The first-order chi connectivity index (χ1) is 9.65. The van der Waals surface area contributed by atoms with E-state index >= 15 is 0 Å². The van der Waals surface area contributed by atoms with Crippen molar-refractivity contribution in [3.63, 3.8) is 0 Å². The van der Waals surface area contributed by atoms with E-state index in [0.29, 0.717) is 25.9 Å². The number of hydrogen-bond donors (Lipinski definition) is 1. The van der Waals surface area contributed by atoms with E-state index in [0.717, 1.165) is 5.56 Å². The SMILES string of the molecule is O=C(Cc1ccsc1)N1CCC(N2C(=O)CNC2=O)C1. The lowest BCUT2D eigenvalue weighted by molar-refractivity contribution is -0.131. The van der Waals surface area contributed by atoms with Gasteiger partial charge >= 0.3 is 6.03 Å². The Hall–Kier alpha value is -1.89. The molecule has 20 heavy (non-hydrogen) atoms. The van der Waals surface area contributed by atoms with Gasteiger partial charge < -0.3 is 10.2 Å². The van der Waals surface area contributed by atoms with Gasteiger partial charge in [0, 0.05) is 13.1 Å². The van der Waals surface area contributed by atoms with Crippen LogP contribution in [0.3, 0.4) is 0 Å². The van der Waals surface area contributed by atoms with Crippen LogP contribution in [0.5, 0.6) is 0 Å². The molecule has 0 aromatic carbocycles.